The normalized spacial score (nSPS) is 10.4. The van der Waals surface area contributed by atoms with Crippen LogP contribution in [-0.4, -0.2) is 12.6 Å². The summed E-state index contributed by atoms with van der Waals surface area (Å²) < 4.78 is 28.4. The number of aryl methyl sites for hydroxylation is 1. The van der Waals surface area contributed by atoms with Gasteiger partial charge in [0.25, 0.3) is 0 Å². The lowest BCUT2D eigenvalue weighted by Gasteiger charge is -2.11. The molecular weight excluding hydrogens is 302 g/mol. The maximum absolute atomic E-state index is 12.1. The van der Waals surface area contributed by atoms with E-state index in [0.29, 0.717) is 0 Å². The Labute approximate surface area is 133 Å². The summed E-state index contributed by atoms with van der Waals surface area (Å²) >= 11 is 0. The molecule has 23 heavy (non-hydrogen) atoms. The predicted molar refractivity (Wildman–Crippen MR) is 84.8 cm³/mol. The zero-order valence-electron chi connectivity index (χ0n) is 12.7. The zero-order valence-corrected chi connectivity index (χ0v) is 12.7. The summed E-state index contributed by atoms with van der Waals surface area (Å²) in [5.41, 5.74) is 2.61. The molecule has 4 nitrogen and oxygen atoms in total. The summed E-state index contributed by atoms with van der Waals surface area (Å²) in [6.07, 6.45) is 0.821. The molecule has 2 rings (SSSR count). The number of hydrogen-bond donors (Lipinski definition) is 2. The molecule has 0 atom stereocenters. The largest absolute Gasteiger partial charge is 0.435 e. The first-order valence-electron chi connectivity index (χ1n) is 7.25. The summed E-state index contributed by atoms with van der Waals surface area (Å²) in [5.74, 6) is 0.0880. The van der Waals surface area contributed by atoms with Crippen LogP contribution >= 0.6 is 0 Å². The van der Waals surface area contributed by atoms with Crippen LogP contribution in [0.4, 0.5) is 19.3 Å². The van der Waals surface area contributed by atoms with Gasteiger partial charge in [0.1, 0.15) is 5.75 Å². The van der Waals surface area contributed by atoms with Gasteiger partial charge in [0.2, 0.25) is 0 Å². The van der Waals surface area contributed by atoms with Gasteiger partial charge in [-0.1, -0.05) is 37.3 Å². The van der Waals surface area contributed by atoms with E-state index in [2.05, 4.69) is 15.4 Å². The molecule has 0 aliphatic rings. The van der Waals surface area contributed by atoms with Crippen LogP contribution in [0.2, 0.25) is 0 Å². The fourth-order valence-corrected chi connectivity index (χ4v) is 2.09. The summed E-state index contributed by atoms with van der Waals surface area (Å²) in [7, 11) is 0. The quantitative estimate of drug-likeness (QED) is 0.839. The van der Waals surface area contributed by atoms with Gasteiger partial charge < -0.3 is 15.4 Å². The van der Waals surface area contributed by atoms with Gasteiger partial charge in [0.15, 0.2) is 0 Å². The van der Waals surface area contributed by atoms with Gasteiger partial charge in [-0.25, -0.2) is 4.79 Å². The lowest BCUT2D eigenvalue weighted by molar-refractivity contribution is -0.0498. The Hall–Kier alpha value is -2.63. The van der Waals surface area contributed by atoms with Gasteiger partial charge in [-0.05, 0) is 35.7 Å². The van der Waals surface area contributed by atoms with E-state index in [9.17, 15) is 13.6 Å². The van der Waals surface area contributed by atoms with Crippen molar-refractivity contribution in [3.8, 4) is 5.75 Å². The van der Waals surface area contributed by atoms with Crippen LogP contribution < -0.4 is 15.4 Å². The SMILES string of the molecule is CCc1ccccc1NC(=O)NCc1ccc(OC(F)F)cc1. The number of carbonyl (C=O) groups is 1. The number of benzene rings is 2. The molecular formula is C17H18F2N2O2. The zero-order chi connectivity index (χ0) is 16.7. The Morgan fingerprint density at radius 2 is 1.83 bits per heavy atom. The van der Waals surface area contributed by atoms with E-state index in [-0.39, 0.29) is 18.3 Å². The summed E-state index contributed by atoms with van der Waals surface area (Å²) in [6.45, 7) is -0.542. The van der Waals surface area contributed by atoms with Crippen molar-refractivity contribution in [3.63, 3.8) is 0 Å². The van der Waals surface area contributed by atoms with Crippen LogP contribution in [-0.2, 0) is 13.0 Å². The summed E-state index contributed by atoms with van der Waals surface area (Å²) in [6, 6.07) is 13.4. The second kappa shape index (κ2) is 8.12. The highest BCUT2D eigenvalue weighted by atomic mass is 19.3. The Balaban J connectivity index is 1.86. The Bertz CT molecular complexity index is 645. The van der Waals surface area contributed by atoms with Crippen LogP contribution in [0.25, 0.3) is 0 Å². The number of anilines is 1. The van der Waals surface area contributed by atoms with Gasteiger partial charge in [-0.3, -0.25) is 0 Å². The average Bonchev–Trinajstić information content (AvgIpc) is 2.54. The molecule has 2 aromatic carbocycles. The fraction of sp³-hybridized carbons (Fsp3) is 0.235. The van der Waals surface area contributed by atoms with Crippen molar-refractivity contribution >= 4 is 11.7 Å². The molecule has 0 aliphatic heterocycles. The first kappa shape index (κ1) is 16.7. The Kier molecular flexibility index (Phi) is 5.91. The molecule has 0 spiro atoms. The molecule has 0 saturated carbocycles. The molecule has 0 bridgehead atoms. The number of rotatable bonds is 6. The van der Waals surface area contributed by atoms with Crippen molar-refractivity contribution in [2.75, 3.05) is 5.32 Å². The van der Waals surface area contributed by atoms with Gasteiger partial charge in [-0.2, -0.15) is 8.78 Å². The fourth-order valence-electron chi connectivity index (χ4n) is 2.09. The number of para-hydroxylation sites is 1. The van der Waals surface area contributed by atoms with Crippen molar-refractivity contribution in [2.24, 2.45) is 0 Å². The first-order valence-corrected chi connectivity index (χ1v) is 7.25. The van der Waals surface area contributed by atoms with Gasteiger partial charge in [-0.15, -0.1) is 0 Å². The second-order valence-electron chi connectivity index (χ2n) is 4.84. The van der Waals surface area contributed by atoms with Gasteiger partial charge >= 0.3 is 12.6 Å². The minimum Gasteiger partial charge on any atom is -0.435 e. The number of ether oxygens (including phenoxy) is 1. The molecule has 0 fully saturated rings. The number of hydrogen-bond acceptors (Lipinski definition) is 2. The molecule has 0 radical (unpaired) electrons. The van der Waals surface area contributed by atoms with E-state index in [1.54, 1.807) is 12.1 Å². The van der Waals surface area contributed by atoms with Crippen LogP contribution in [0.5, 0.6) is 5.75 Å². The molecule has 0 saturated heterocycles. The molecule has 6 heteroatoms. The van der Waals surface area contributed by atoms with E-state index in [4.69, 9.17) is 0 Å². The number of carbonyl (C=O) groups excluding carboxylic acids is 1. The van der Waals surface area contributed by atoms with E-state index in [1.807, 2.05) is 31.2 Å². The molecule has 122 valence electrons. The van der Waals surface area contributed by atoms with E-state index >= 15 is 0 Å². The van der Waals surface area contributed by atoms with Crippen molar-refractivity contribution in [1.82, 2.24) is 5.32 Å². The maximum atomic E-state index is 12.1. The molecule has 0 heterocycles. The van der Waals surface area contributed by atoms with Gasteiger partial charge in [0, 0.05) is 12.2 Å². The minimum atomic E-state index is -2.84. The topological polar surface area (TPSA) is 50.4 Å². The van der Waals surface area contributed by atoms with Crippen LogP contribution in [0.1, 0.15) is 18.1 Å². The number of amides is 2. The van der Waals surface area contributed by atoms with Crippen LogP contribution in [0, 0.1) is 0 Å². The van der Waals surface area contributed by atoms with Crippen molar-refractivity contribution in [3.05, 3.63) is 59.7 Å². The summed E-state index contributed by atoms with van der Waals surface area (Å²) in [5, 5.41) is 5.52. The number of halogens is 2. The number of nitrogens with one attached hydrogen (secondary N) is 2. The second-order valence-corrected chi connectivity index (χ2v) is 4.84. The Morgan fingerprint density at radius 3 is 2.48 bits per heavy atom. The van der Waals surface area contributed by atoms with Crippen molar-refractivity contribution in [1.29, 1.82) is 0 Å². The minimum absolute atomic E-state index is 0.0880. The summed E-state index contributed by atoms with van der Waals surface area (Å²) in [4.78, 5) is 11.9. The predicted octanol–water partition coefficient (Wildman–Crippen LogP) is 4.17. The lowest BCUT2D eigenvalue weighted by atomic mass is 10.1. The number of alkyl halides is 2. The van der Waals surface area contributed by atoms with E-state index < -0.39 is 6.61 Å². The molecule has 2 N–H and O–H groups in total. The highest BCUT2D eigenvalue weighted by Crippen LogP contribution is 2.16. The molecule has 0 aliphatic carbocycles. The highest BCUT2D eigenvalue weighted by molar-refractivity contribution is 5.90. The van der Waals surface area contributed by atoms with E-state index in [0.717, 1.165) is 23.2 Å². The molecule has 2 aromatic rings. The lowest BCUT2D eigenvalue weighted by Crippen LogP contribution is -2.28. The van der Waals surface area contributed by atoms with Crippen molar-refractivity contribution < 1.29 is 18.3 Å². The van der Waals surface area contributed by atoms with Crippen LogP contribution in [0.15, 0.2) is 48.5 Å². The first-order chi connectivity index (χ1) is 11.1. The number of urea groups is 1. The Morgan fingerprint density at radius 1 is 1.13 bits per heavy atom. The third-order valence-electron chi connectivity index (χ3n) is 3.25. The van der Waals surface area contributed by atoms with Crippen LogP contribution in [0.3, 0.4) is 0 Å². The standard InChI is InChI=1S/C17H18F2N2O2/c1-2-13-5-3-4-6-15(13)21-17(22)20-11-12-7-9-14(10-8-12)23-16(18)19/h3-10,16H,2,11H2,1H3,(H2,20,21,22). The molecule has 2 amide bonds. The third kappa shape index (κ3) is 5.25. The molecule has 0 aromatic heterocycles. The maximum Gasteiger partial charge on any atom is 0.387 e. The van der Waals surface area contributed by atoms with Gasteiger partial charge in [0.05, 0.1) is 0 Å². The molecule has 0 unspecified atom stereocenters. The smallest absolute Gasteiger partial charge is 0.387 e. The highest BCUT2D eigenvalue weighted by Gasteiger charge is 2.06. The average molecular weight is 320 g/mol. The van der Waals surface area contributed by atoms with E-state index in [1.165, 1.54) is 12.1 Å². The monoisotopic (exact) mass is 320 g/mol. The third-order valence-corrected chi connectivity index (χ3v) is 3.25. The van der Waals surface area contributed by atoms with Crippen molar-refractivity contribution in [2.45, 2.75) is 26.5 Å².